The van der Waals surface area contributed by atoms with E-state index in [4.69, 9.17) is 14.6 Å². The Hall–Kier alpha value is -2.37. The highest BCUT2D eigenvalue weighted by molar-refractivity contribution is 6.03. The van der Waals surface area contributed by atoms with Crippen LogP contribution in [0.5, 0.6) is 0 Å². The van der Waals surface area contributed by atoms with Crippen molar-refractivity contribution >= 4 is 17.9 Å². The van der Waals surface area contributed by atoms with Gasteiger partial charge in [0.15, 0.2) is 0 Å². The van der Waals surface area contributed by atoms with E-state index in [-0.39, 0.29) is 37.2 Å². The van der Waals surface area contributed by atoms with Gasteiger partial charge in [-0.1, -0.05) is 12.1 Å². The highest BCUT2D eigenvalue weighted by atomic mass is 16.5. The molecule has 0 heterocycles. The standard InChI is InChI=1S/C15H18O6/c1-3-20-12(16)9-8-10-6-5-7-11(14(17)18)13(10)15(19)21-4-2/h5-7H,3-4,8-9H2,1-2H3,(H,17,18). The molecule has 0 spiro atoms. The van der Waals surface area contributed by atoms with E-state index in [1.807, 2.05) is 0 Å². The Kier molecular flexibility index (Phi) is 6.39. The van der Waals surface area contributed by atoms with Crippen molar-refractivity contribution in [3.05, 3.63) is 34.9 Å². The fourth-order valence-corrected chi connectivity index (χ4v) is 1.90. The number of carboxylic acid groups (broad SMARTS) is 1. The number of hydrogen-bond donors (Lipinski definition) is 1. The van der Waals surface area contributed by atoms with Crippen LogP contribution >= 0.6 is 0 Å². The molecule has 0 aliphatic rings. The topological polar surface area (TPSA) is 89.9 Å². The first-order chi connectivity index (χ1) is 10.0. The van der Waals surface area contributed by atoms with Crippen LogP contribution in [0.2, 0.25) is 0 Å². The van der Waals surface area contributed by atoms with Gasteiger partial charge in [-0.05, 0) is 31.9 Å². The molecule has 0 fully saturated rings. The number of carboxylic acids is 1. The Morgan fingerprint density at radius 1 is 1.10 bits per heavy atom. The predicted octanol–water partition coefficient (Wildman–Crippen LogP) is 2.06. The SMILES string of the molecule is CCOC(=O)CCc1cccc(C(=O)O)c1C(=O)OCC. The quantitative estimate of drug-likeness (QED) is 0.774. The number of carbonyl (C=O) groups is 3. The van der Waals surface area contributed by atoms with Crippen molar-refractivity contribution in [1.82, 2.24) is 0 Å². The van der Waals surface area contributed by atoms with Gasteiger partial charge >= 0.3 is 17.9 Å². The second-order valence-electron chi connectivity index (χ2n) is 4.17. The summed E-state index contributed by atoms with van der Waals surface area (Å²) in [5, 5.41) is 9.17. The van der Waals surface area contributed by atoms with Crippen LogP contribution in [0.3, 0.4) is 0 Å². The number of aromatic carboxylic acids is 1. The van der Waals surface area contributed by atoms with Crippen molar-refractivity contribution in [2.45, 2.75) is 26.7 Å². The minimum Gasteiger partial charge on any atom is -0.478 e. The molecule has 21 heavy (non-hydrogen) atoms. The van der Waals surface area contributed by atoms with Gasteiger partial charge in [-0.15, -0.1) is 0 Å². The van der Waals surface area contributed by atoms with Crippen LogP contribution in [0, 0.1) is 0 Å². The van der Waals surface area contributed by atoms with Crippen LogP contribution in [0.25, 0.3) is 0 Å². The third-order valence-electron chi connectivity index (χ3n) is 2.76. The van der Waals surface area contributed by atoms with Crippen molar-refractivity contribution in [2.24, 2.45) is 0 Å². The van der Waals surface area contributed by atoms with Crippen molar-refractivity contribution in [3.63, 3.8) is 0 Å². The molecule has 0 aliphatic carbocycles. The predicted molar refractivity (Wildman–Crippen MR) is 74.3 cm³/mol. The summed E-state index contributed by atoms with van der Waals surface area (Å²) in [6.07, 6.45) is 0.289. The fraction of sp³-hybridized carbons (Fsp3) is 0.400. The van der Waals surface area contributed by atoms with Gasteiger partial charge in [-0.2, -0.15) is 0 Å². The van der Waals surface area contributed by atoms with E-state index < -0.39 is 17.9 Å². The Balaban J connectivity index is 3.07. The highest BCUT2D eigenvalue weighted by Gasteiger charge is 2.21. The molecule has 0 saturated heterocycles. The van der Waals surface area contributed by atoms with Gasteiger partial charge in [0.05, 0.1) is 24.3 Å². The third kappa shape index (κ3) is 4.59. The maximum absolute atomic E-state index is 12.0. The van der Waals surface area contributed by atoms with Gasteiger partial charge in [0.25, 0.3) is 0 Å². The molecule has 0 atom stereocenters. The Morgan fingerprint density at radius 3 is 2.33 bits per heavy atom. The summed E-state index contributed by atoms with van der Waals surface area (Å²) >= 11 is 0. The lowest BCUT2D eigenvalue weighted by atomic mass is 9.97. The fourth-order valence-electron chi connectivity index (χ4n) is 1.90. The molecular formula is C15H18O6. The van der Waals surface area contributed by atoms with Crippen LogP contribution in [0.1, 0.15) is 46.5 Å². The van der Waals surface area contributed by atoms with Gasteiger partial charge in [0.1, 0.15) is 0 Å². The first-order valence-electron chi connectivity index (χ1n) is 6.69. The zero-order valence-corrected chi connectivity index (χ0v) is 12.0. The summed E-state index contributed by atoms with van der Waals surface area (Å²) in [5.41, 5.74) is 0.326. The van der Waals surface area contributed by atoms with Gasteiger partial charge < -0.3 is 14.6 Å². The number of carbonyl (C=O) groups excluding carboxylic acids is 2. The number of esters is 2. The van der Waals surface area contributed by atoms with E-state index >= 15 is 0 Å². The second kappa shape index (κ2) is 8.04. The molecule has 6 nitrogen and oxygen atoms in total. The van der Waals surface area contributed by atoms with Gasteiger partial charge in [0.2, 0.25) is 0 Å². The van der Waals surface area contributed by atoms with Gasteiger partial charge in [-0.25, -0.2) is 9.59 Å². The van der Waals surface area contributed by atoms with E-state index in [1.165, 1.54) is 12.1 Å². The van der Waals surface area contributed by atoms with E-state index in [2.05, 4.69) is 0 Å². The summed E-state index contributed by atoms with van der Waals surface area (Å²) in [5.74, 6) is -2.31. The summed E-state index contributed by atoms with van der Waals surface area (Å²) in [6.45, 7) is 3.76. The number of benzene rings is 1. The monoisotopic (exact) mass is 294 g/mol. The zero-order valence-electron chi connectivity index (χ0n) is 12.0. The Morgan fingerprint density at radius 2 is 1.76 bits per heavy atom. The van der Waals surface area contributed by atoms with E-state index in [9.17, 15) is 14.4 Å². The van der Waals surface area contributed by atoms with Crippen LogP contribution in [-0.4, -0.2) is 36.2 Å². The highest BCUT2D eigenvalue weighted by Crippen LogP contribution is 2.18. The smallest absolute Gasteiger partial charge is 0.339 e. The Bertz CT molecular complexity index is 535. The van der Waals surface area contributed by atoms with Crippen molar-refractivity contribution in [3.8, 4) is 0 Å². The number of aryl methyl sites for hydroxylation is 1. The minimum absolute atomic E-state index is 0.00357. The molecular weight excluding hydrogens is 276 g/mol. The Labute approximate surface area is 122 Å². The average molecular weight is 294 g/mol. The largest absolute Gasteiger partial charge is 0.478 e. The lowest BCUT2D eigenvalue weighted by molar-refractivity contribution is -0.143. The van der Waals surface area contributed by atoms with Crippen molar-refractivity contribution < 1.29 is 29.0 Å². The molecule has 0 aliphatic heterocycles. The van der Waals surface area contributed by atoms with Crippen molar-refractivity contribution in [2.75, 3.05) is 13.2 Å². The molecule has 1 aromatic rings. The zero-order chi connectivity index (χ0) is 15.8. The summed E-state index contributed by atoms with van der Waals surface area (Å²) in [4.78, 5) is 34.6. The van der Waals surface area contributed by atoms with Gasteiger partial charge in [-0.3, -0.25) is 4.79 Å². The molecule has 1 N–H and O–H groups in total. The molecule has 0 bridgehead atoms. The molecule has 0 amide bonds. The average Bonchev–Trinajstić information content (AvgIpc) is 2.45. The van der Waals surface area contributed by atoms with Crippen molar-refractivity contribution in [1.29, 1.82) is 0 Å². The number of ether oxygens (including phenoxy) is 2. The lowest BCUT2D eigenvalue weighted by Gasteiger charge is -2.11. The molecule has 1 aromatic carbocycles. The van der Waals surface area contributed by atoms with E-state index in [0.717, 1.165) is 0 Å². The first kappa shape index (κ1) is 16.7. The van der Waals surface area contributed by atoms with Crippen LogP contribution in [0.15, 0.2) is 18.2 Å². The summed E-state index contributed by atoms with van der Waals surface area (Å²) in [7, 11) is 0. The summed E-state index contributed by atoms with van der Waals surface area (Å²) in [6, 6.07) is 4.48. The maximum Gasteiger partial charge on any atom is 0.339 e. The van der Waals surface area contributed by atoms with Crippen LogP contribution in [-0.2, 0) is 20.7 Å². The van der Waals surface area contributed by atoms with Crippen LogP contribution in [0.4, 0.5) is 0 Å². The second-order valence-corrected chi connectivity index (χ2v) is 4.17. The van der Waals surface area contributed by atoms with E-state index in [0.29, 0.717) is 5.56 Å². The number of hydrogen-bond acceptors (Lipinski definition) is 5. The van der Waals surface area contributed by atoms with E-state index in [1.54, 1.807) is 19.9 Å². The lowest BCUT2D eigenvalue weighted by Crippen LogP contribution is -2.15. The number of rotatable bonds is 7. The molecule has 0 saturated carbocycles. The van der Waals surface area contributed by atoms with Crippen LogP contribution < -0.4 is 0 Å². The maximum atomic E-state index is 12.0. The molecule has 6 heteroatoms. The normalized spacial score (nSPS) is 10.0. The first-order valence-corrected chi connectivity index (χ1v) is 6.69. The summed E-state index contributed by atoms with van der Waals surface area (Å²) < 4.78 is 9.71. The molecule has 114 valence electrons. The molecule has 0 radical (unpaired) electrons. The third-order valence-corrected chi connectivity index (χ3v) is 2.76. The molecule has 0 aromatic heterocycles. The minimum atomic E-state index is -1.21. The molecule has 0 unspecified atom stereocenters. The molecule has 1 rings (SSSR count). The van der Waals surface area contributed by atoms with Gasteiger partial charge in [0, 0.05) is 6.42 Å².